The van der Waals surface area contributed by atoms with Crippen LogP contribution in [-0.4, -0.2) is 55.7 Å². The van der Waals surface area contributed by atoms with Crippen LogP contribution in [0.25, 0.3) is 0 Å². The highest BCUT2D eigenvalue weighted by Crippen LogP contribution is 2.07. The van der Waals surface area contributed by atoms with Crippen LogP contribution in [0, 0.1) is 0 Å². The lowest BCUT2D eigenvalue weighted by Crippen LogP contribution is -2.41. The highest BCUT2D eigenvalue weighted by molar-refractivity contribution is 14.0. The first kappa shape index (κ1) is 24.0. The minimum Gasteiger partial charge on any atom is -0.492 e. The number of rotatable bonds is 11. The number of likely N-dealkylation sites (N-methyl/N-ethyl adjacent to an activating group) is 1. The third kappa shape index (κ3) is 9.77. The van der Waals surface area contributed by atoms with Gasteiger partial charge >= 0.3 is 0 Å². The molecule has 2 rings (SSSR count). The highest BCUT2D eigenvalue weighted by Gasteiger charge is 2.05. The summed E-state index contributed by atoms with van der Waals surface area (Å²) in [4.78, 5) is 11.1. The molecule has 2 aromatic rings. The molecule has 7 heteroatoms. The van der Waals surface area contributed by atoms with Crippen molar-refractivity contribution in [2.45, 2.75) is 19.8 Å². The lowest BCUT2D eigenvalue weighted by molar-refractivity contribution is 0.281. The smallest absolute Gasteiger partial charge is 0.193 e. The molecular weight excluding hydrogens is 465 g/mol. The van der Waals surface area contributed by atoms with Gasteiger partial charge in [-0.1, -0.05) is 24.3 Å². The van der Waals surface area contributed by atoms with Crippen LogP contribution in [0.3, 0.4) is 0 Å². The number of hydrogen-bond donors (Lipinski definition) is 2. The Morgan fingerprint density at radius 2 is 1.89 bits per heavy atom. The van der Waals surface area contributed by atoms with Crippen LogP contribution in [-0.2, 0) is 0 Å². The van der Waals surface area contributed by atoms with Crippen LogP contribution >= 0.6 is 24.0 Å². The molecular formula is C21H32IN5O. The number of hydrogen-bond acceptors (Lipinski definition) is 4. The van der Waals surface area contributed by atoms with Crippen LogP contribution < -0.4 is 15.4 Å². The molecule has 2 N–H and O–H groups in total. The summed E-state index contributed by atoms with van der Waals surface area (Å²) in [6, 6.07) is 15.8. The minimum atomic E-state index is 0. The zero-order chi connectivity index (χ0) is 19.2. The zero-order valence-corrected chi connectivity index (χ0v) is 19.1. The van der Waals surface area contributed by atoms with Gasteiger partial charge in [-0.15, -0.1) is 24.0 Å². The molecule has 0 fully saturated rings. The summed E-state index contributed by atoms with van der Waals surface area (Å²) in [5.74, 6) is 2.74. The number of aliphatic imine (C=N–C) groups is 1. The number of guanidine groups is 1. The second kappa shape index (κ2) is 15.0. The van der Waals surface area contributed by atoms with Gasteiger partial charge in [0.05, 0.1) is 6.54 Å². The number of ether oxygens (including phenoxy) is 1. The van der Waals surface area contributed by atoms with E-state index in [0.29, 0.717) is 6.61 Å². The van der Waals surface area contributed by atoms with E-state index >= 15 is 0 Å². The van der Waals surface area contributed by atoms with Crippen molar-refractivity contribution in [2.75, 3.05) is 45.2 Å². The maximum atomic E-state index is 5.77. The monoisotopic (exact) mass is 497 g/mol. The van der Waals surface area contributed by atoms with E-state index in [1.807, 2.05) is 55.6 Å². The predicted octanol–water partition coefficient (Wildman–Crippen LogP) is 3.87. The van der Waals surface area contributed by atoms with E-state index in [9.17, 15) is 0 Å². The standard InChI is InChI=1S/C21H31N5O.HI/c1-3-22-21(26(2)17-18-27-19-11-5-4-6-12-19)25-16-10-9-15-24-20-13-7-8-14-23-20;/h4-8,11-14H,3,9-10,15-18H2,1-2H3,(H,22,25)(H,23,24);1H. The minimum absolute atomic E-state index is 0. The SMILES string of the molecule is CCNC(=NCCCCNc1ccccn1)N(C)CCOc1ccccc1.I. The van der Waals surface area contributed by atoms with E-state index in [-0.39, 0.29) is 24.0 Å². The fraction of sp³-hybridized carbons (Fsp3) is 0.429. The van der Waals surface area contributed by atoms with Gasteiger partial charge < -0.3 is 20.3 Å². The summed E-state index contributed by atoms with van der Waals surface area (Å²) in [6.45, 7) is 6.05. The topological polar surface area (TPSA) is 61.8 Å². The Labute approximate surface area is 185 Å². The van der Waals surface area contributed by atoms with E-state index in [2.05, 4.69) is 27.4 Å². The van der Waals surface area contributed by atoms with Gasteiger partial charge in [0, 0.05) is 32.9 Å². The Bertz CT molecular complexity index is 654. The average molecular weight is 497 g/mol. The van der Waals surface area contributed by atoms with Gasteiger partial charge in [-0.2, -0.15) is 0 Å². The lowest BCUT2D eigenvalue weighted by atomic mass is 10.3. The molecule has 0 aliphatic carbocycles. The molecule has 0 atom stereocenters. The zero-order valence-electron chi connectivity index (χ0n) is 16.8. The van der Waals surface area contributed by atoms with Gasteiger partial charge in [0.15, 0.2) is 5.96 Å². The van der Waals surface area contributed by atoms with E-state index in [1.165, 1.54) is 0 Å². The maximum absolute atomic E-state index is 5.77. The molecule has 154 valence electrons. The molecule has 6 nitrogen and oxygen atoms in total. The molecule has 0 amide bonds. The van der Waals surface area contributed by atoms with E-state index in [4.69, 9.17) is 9.73 Å². The molecule has 1 aromatic heterocycles. The molecule has 0 aliphatic rings. The fourth-order valence-electron chi connectivity index (χ4n) is 2.50. The summed E-state index contributed by atoms with van der Waals surface area (Å²) in [5.41, 5.74) is 0. The van der Waals surface area contributed by atoms with Gasteiger partial charge in [0.25, 0.3) is 0 Å². The van der Waals surface area contributed by atoms with Crippen LogP contribution in [0.2, 0.25) is 0 Å². The summed E-state index contributed by atoms with van der Waals surface area (Å²) in [7, 11) is 2.04. The lowest BCUT2D eigenvalue weighted by Gasteiger charge is -2.22. The Balaban J connectivity index is 0.00000392. The molecule has 0 saturated heterocycles. The molecule has 28 heavy (non-hydrogen) atoms. The van der Waals surface area contributed by atoms with Gasteiger partial charge in [-0.05, 0) is 44.0 Å². The molecule has 0 bridgehead atoms. The summed E-state index contributed by atoms with van der Waals surface area (Å²) >= 11 is 0. The second-order valence-electron chi connectivity index (χ2n) is 6.17. The van der Waals surface area contributed by atoms with Crippen molar-refractivity contribution in [2.24, 2.45) is 4.99 Å². The number of nitrogens with zero attached hydrogens (tertiary/aromatic N) is 3. The third-order valence-corrected chi connectivity index (χ3v) is 3.95. The van der Waals surface area contributed by atoms with E-state index in [0.717, 1.165) is 56.5 Å². The molecule has 0 saturated carbocycles. The first-order chi connectivity index (χ1) is 13.3. The van der Waals surface area contributed by atoms with Crippen molar-refractivity contribution < 1.29 is 4.74 Å². The number of pyridine rings is 1. The van der Waals surface area contributed by atoms with Gasteiger partial charge in [0.2, 0.25) is 0 Å². The maximum Gasteiger partial charge on any atom is 0.193 e. The van der Waals surface area contributed by atoms with Gasteiger partial charge in [-0.25, -0.2) is 4.98 Å². The largest absolute Gasteiger partial charge is 0.492 e. The highest BCUT2D eigenvalue weighted by atomic mass is 127. The molecule has 1 aromatic carbocycles. The van der Waals surface area contributed by atoms with Crippen molar-refractivity contribution in [3.05, 3.63) is 54.7 Å². The quantitative estimate of drug-likeness (QED) is 0.214. The number of benzene rings is 1. The number of anilines is 1. The number of nitrogens with one attached hydrogen (secondary N) is 2. The van der Waals surface area contributed by atoms with Gasteiger partial charge in [0.1, 0.15) is 18.2 Å². The third-order valence-electron chi connectivity index (χ3n) is 3.95. The van der Waals surface area contributed by atoms with Crippen molar-refractivity contribution in [3.63, 3.8) is 0 Å². The van der Waals surface area contributed by atoms with Crippen LogP contribution in [0.1, 0.15) is 19.8 Å². The Kier molecular flexibility index (Phi) is 12.8. The summed E-state index contributed by atoms with van der Waals surface area (Å²) < 4.78 is 5.77. The molecule has 0 radical (unpaired) electrons. The number of para-hydroxylation sites is 1. The van der Waals surface area contributed by atoms with Crippen LogP contribution in [0.15, 0.2) is 59.7 Å². The number of aromatic nitrogens is 1. The van der Waals surface area contributed by atoms with E-state index < -0.39 is 0 Å². The molecule has 0 spiro atoms. The Morgan fingerprint density at radius 3 is 2.61 bits per heavy atom. The average Bonchev–Trinajstić information content (AvgIpc) is 2.71. The summed E-state index contributed by atoms with van der Waals surface area (Å²) in [6.07, 6.45) is 3.88. The fourth-order valence-corrected chi connectivity index (χ4v) is 2.50. The van der Waals surface area contributed by atoms with Crippen molar-refractivity contribution in [1.29, 1.82) is 0 Å². The van der Waals surface area contributed by atoms with Crippen LogP contribution in [0.5, 0.6) is 5.75 Å². The normalized spacial score (nSPS) is 10.7. The Morgan fingerprint density at radius 1 is 1.11 bits per heavy atom. The second-order valence-corrected chi connectivity index (χ2v) is 6.17. The number of unbranched alkanes of at least 4 members (excludes halogenated alkanes) is 1. The van der Waals surface area contributed by atoms with Crippen molar-refractivity contribution in [1.82, 2.24) is 15.2 Å². The Hall–Kier alpha value is -2.03. The number of halogens is 1. The van der Waals surface area contributed by atoms with Gasteiger partial charge in [-0.3, -0.25) is 4.99 Å². The summed E-state index contributed by atoms with van der Waals surface area (Å²) in [5, 5.41) is 6.66. The first-order valence-electron chi connectivity index (χ1n) is 9.62. The van der Waals surface area contributed by atoms with Crippen LogP contribution in [0.4, 0.5) is 5.82 Å². The van der Waals surface area contributed by atoms with Crippen molar-refractivity contribution in [3.8, 4) is 5.75 Å². The predicted molar refractivity (Wildman–Crippen MR) is 128 cm³/mol. The molecule has 0 unspecified atom stereocenters. The first-order valence-corrected chi connectivity index (χ1v) is 9.62. The van der Waals surface area contributed by atoms with Crippen molar-refractivity contribution >= 4 is 35.8 Å². The molecule has 1 heterocycles. The van der Waals surface area contributed by atoms with E-state index in [1.54, 1.807) is 6.20 Å². The molecule has 0 aliphatic heterocycles.